The van der Waals surface area contributed by atoms with E-state index < -0.39 is 4.92 Å². The molecule has 0 unspecified atom stereocenters. The molecule has 0 aliphatic carbocycles. The number of pyridine rings is 1. The Morgan fingerprint density at radius 1 is 1.50 bits per heavy atom. The molecule has 0 aliphatic heterocycles. The van der Waals surface area contributed by atoms with Crippen LogP contribution in [0.4, 0.5) is 5.69 Å². The Kier molecular flexibility index (Phi) is 2.43. The van der Waals surface area contributed by atoms with Crippen molar-refractivity contribution in [2.75, 3.05) is 0 Å². The number of halogens is 1. The molecule has 0 saturated carbocycles. The average molecular weight is 234 g/mol. The van der Waals surface area contributed by atoms with E-state index in [1.807, 2.05) is 6.07 Å². The highest BCUT2D eigenvalue weighted by atomic mass is 35.5. The van der Waals surface area contributed by atoms with Gasteiger partial charge in [0.05, 0.1) is 21.0 Å². The summed E-state index contributed by atoms with van der Waals surface area (Å²) in [6.07, 6.45) is 1.30. The summed E-state index contributed by atoms with van der Waals surface area (Å²) in [5.41, 5.74) is 0.599. The maximum Gasteiger partial charge on any atom is 0.271 e. The number of rotatable bonds is 1. The summed E-state index contributed by atoms with van der Waals surface area (Å²) in [5.74, 6) is 0. The monoisotopic (exact) mass is 233 g/mol. The minimum absolute atomic E-state index is 0.0548. The number of benzene rings is 1. The van der Waals surface area contributed by atoms with E-state index in [4.69, 9.17) is 16.9 Å². The summed E-state index contributed by atoms with van der Waals surface area (Å²) >= 11 is 5.94. The molecule has 1 aromatic carbocycles. The number of nitriles is 1. The van der Waals surface area contributed by atoms with Crippen molar-refractivity contribution < 1.29 is 4.92 Å². The number of hydrogen-bond donors (Lipinski definition) is 0. The van der Waals surface area contributed by atoms with Crippen molar-refractivity contribution in [3.8, 4) is 6.07 Å². The third-order valence-corrected chi connectivity index (χ3v) is 2.53. The van der Waals surface area contributed by atoms with Gasteiger partial charge < -0.3 is 0 Å². The molecule has 1 heterocycles. The number of aromatic nitrogens is 1. The molecule has 16 heavy (non-hydrogen) atoms. The number of nitro benzene ring substituents is 1. The fraction of sp³-hybridized carbons (Fsp3) is 0. The van der Waals surface area contributed by atoms with Crippen LogP contribution in [0.15, 0.2) is 24.4 Å². The Labute approximate surface area is 95.0 Å². The zero-order chi connectivity index (χ0) is 11.7. The van der Waals surface area contributed by atoms with Crippen LogP contribution in [-0.4, -0.2) is 9.91 Å². The fourth-order valence-electron chi connectivity index (χ4n) is 1.34. The highest BCUT2D eigenvalue weighted by molar-refractivity contribution is 6.36. The van der Waals surface area contributed by atoms with Gasteiger partial charge in [0, 0.05) is 23.7 Å². The second-order valence-electron chi connectivity index (χ2n) is 3.06. The van der Waals surface area contributed by atoms with Gasteiger partial charge in [-0.3, -0.25) is 15.1 Å². The van der Waals surface area contributed by atoms with Gasteiger partial charge in [-0.05, 0) is 6.07 Å². The lowest BCUT2D eigenvalue weighted by Gasteiger charge is -2.00. The lowest BCUT2D eigenvalue weighted by atomic mass is 10.1. The number of fused-ring (bicyclic) bond motifs is 1. The van der Waals surface area contributed by atoms with E-state index >= 15 is 0 Å². The molecule has 0 fully saturated rings. The van der Waals surface area contributed by atoms with E-state index in [0.29, 0.717) is 10.9 Å². The maximum atomic E-state index is 10.5. The first-order valence-corrected chi connectivity index (χ1v) is 4.64. The zero-order valence-electron chi connectivity index (χ0n) is 7.85. The molecule has 2 rings (SSSR count). The minimum atomic E-state index is -0.507. The van der Waals surface area contributed by atoms with Gasteiger partial charge in [0.15, 0.2) is 0 Å². The first kappa shape index (κ1) is 10.3. The van der Waals surface area contributed by atoms with Crippen LogP contribution in [0.1, 0.15) is 5.56 Å². The number of nitro groups is 1. The van der Waals surface area contributed by atoms with Gasteiger partial charge in [-0.2, -0.15) is 5.26 Å². The van der Waals surface area contributed by atoms with E-state index in [1.165, 1.54) is 24.4 Å². The van der Waals surface area contributed by atoms with Crippen molar-refractivity contribution in [3.05, 3.63) is 45.1 Å². The first-order valence-electron chi connectivity index (χ1n) is 4.26. The van der Waals surface area contributed by atoms with Gasteiger partial charge in [0.2, 0.25) is 0 Å². The lowest BCUT2D eigenvalue weighted by Crippen LogP contribution is -1.90. The summed E-state index contributed by atoms with van der Waals surface area (Å²) in [4.78, 5) is 14.0. The third-order valence-electron chi connectivity index (χ3n) is 2.12. The Balaban J connectivity index is 2.76. The van der Waals surface area contributed by atoms with Gasteiger partial charge in [0.25, 0.3) is 5.69 Å². The van der Waals surface area contributed by atoms with Gasteiger partial charge >= 0.3 is 0 Å². The summed E-state index contributed by atoms with van der Waals surface area (Å²) in [7, 11) is 0. The van der Waals surface area contributed by atoms with E-state index in [-0.39, 0.29) is 16.3 Å². The average Bonchev–Trinajstić information content (AvgIpc) is 2.29. The van der Waals surface area contributed by atoms with E-state index in [0.717, 1.165) is 0 Å². The quantitative estimate of drug-likeness (QED) is 0.560. The van der Waals surface area contributed by atoms with Gasteiger partial charge in [-0.25, -0.2) is 0 Å². The number of hydrogen-bond acceptors (Lipinski definition) is 4. The third kappa shape index (κ3) is 1.55. The lowest BCUT2D eigenvalue weighted by molar-refractivity contribution is -0.384. The van der Waals surface area contributed by atoms with Crippen molar-refractivity contribution in [2.24, 2.45) is 0 Å². The molecular weight excluding hydrogens is 230 g/mol. The molecule has 0 bridgehead atoms. The van der Waals surface area contributed by atoms with Crippen LogP contribution >= 0.6 is 11.6 Å². The Morgan fingerprint density at radius 3 is 2.88 bits per heavy atom. The molecule has 0 aliphatic rings. The van der Waals surface area contributed by atoms with Gasteiger partial charge in [0.1, 0.15) is 6.07 Å². The van der Waals surface area contributed by atoms with E-state index in [2.05, 4.69) is 4.98 Å². The predicted octanol–water partition coefficient (Wildman–Crippen LogP) is 2.67. The molecule has 0 N–H and O–H groups in total. The van der Waals surface area contributed by atoms with Crippen molar-refractivity contribution in [1.82, 2.24) is 4.98 Å². The van der Waals surface area contributed by atoms with Crippen molar-refractivity contribution in [1.29, 1.82) is 5.26 Å². The Morgan fingerprint density at radius 2 is 2.25 bits per heavy atom. The second kappa shape index (κ2) is 3.76. The molecule has 1 aromatic heterocycles. The summed E-state index contributed by atoms with van der Waals surface area (Å²) in [6.45, 7) is 0. The molecule has 5 nitrogen and oxygen atoms in total. The first-order chi connectivity index (χ1) is 7.63. The highest BCUT2D eigenvalue weighted by Crippen LogP contribution is 2.27. The maximum absolute atomic E-state index is 10.5. The van der Waals surface area contributed by atoms with Crippen molar-refractivity contribution in [2.45, 2.75) is 0 Å². The topological polar surface area (TPSA) is 79.8 Å². The minimum Gasteiger partial charge on any atom is -0.258 e. The molecule has 78 valence electrons. The Bertz CT molecular complexity index is 634. The summed E-state index contributed by atoms with van der Waals surface area (Å²) < 4.78 is 0. The van der Waals surface area contributed by atoms with Gasteiger partial charge in [-0.1, -0.05) is 11.6 Å². The summed E-state index contributed by atoms with van der Waals surface area (Å²) in [6, 6.07) is 6.04. The normalized spacial score (nSPS) is 10.0. The predicted molar refractivity (Wildman–Crippen MR) is 58.1 cm³/mol. The molecule has 0 radical (unpaired) electrons. The van der Waals surface area contributed by atoms with Crippen molar-refractivity contribution >= 4 is 28.2 Å². The summed E-state index contributed by atoms with van der Waals surface area (Å²) in [5, 5.41) is 20.1. The van der Waals surface area contributed by atoms with Crippen LogP contribution in [0.3, 0.4) is 0 Å². The second-order valence-corrected chi connectivity index (χ2v) is 3.43. The number of nitrogens with zero attached hydrogens (tertiary/aromatic N) is 3. The molecule has 0 saturated heterocycles. The molecule has 0 spiro atoms. The standard InChI is InChI=1S/C10H4ClN3O2/c11-10-6(4-12)5-13-9-3-7(14(15)16)1-2-8(9)10/h1-3,5H. The zero-order valence-corrected chi connectivity index (χ0v) is 8.60. The highest BCUT2D eigenvalue weighted by Gasteiger charge is 2.11. The smallest absolute Gasteiger partial charge is 0.258 e. The van der Waals surface area contributed by atoms with E-state index in [9.17, 15) is 10.1 Å². The van der Waals surface area contributed by atoms with Crippen LogP contribution in [0.5, 0.6) is 0 Å². The van der Waals surface area contributed by atoms with Crippen LogP contribution < -0.4 is 0 Å². The van der Waals surface area contributed by atoms with Crippen molar-refractivity contribution in [3.63, 3.8) is 0 Å². The van der Waals surface area contributed by atoms with Crippen LogP contribution in [0.2, 0.25) is 5.02 Å². The molecular formula is C10H4ClN3O2. The van der Waals surface area contributed by atoms with Crippen LogP contribution in [-0.2, 0) is 0 Å². The van der Waals surface area contributed by atoms with E-state index in [1.54, 1.807) is 0 Å². The van der Waals surface area contributed by atoms with Crippen LogP contribution in [0.25, 0.3) is 10.9 Å². The SMILES string of the molecule is N#Cc1cnc2cc([N+](=O)[O-])ccc2c1Cl. The Hall–Kier alpha value is -2.19. The molecule has 0 atom stereocenters. The largest absolute Gasteiger partial charge is 0.271 e. The number of non-ortho nitro benzene ring substituents is 1. The fourth-order valence-corrected chi connectivity index (χ4v) is 1.59. The van der Waals surface area contributed by atoms with Gasteiger partial charge in [-0.15, -0.1) is 0 Å². The molecule has 6 heteroatoms. The molecule has 0 amide bonds. The molecule has 2 aromatic rings. The van der Waals surface area contributed by atoms with Crippen LogP contribution in [0, 0.1) is 21.4 Å².